The lowest BCUT2D eigenvalue weighted by atomic mass is 10.1. The number of fused-ring (bicyclic) bond motifs is 3. The van der Waals surface area contributed by atoms with E-state index < -0.39 is 0 Å². The zero-order valence-electron chi connectivity index (χ0n) is 19.7. The minimum atomic E-state index is -0.110. The maximum Gasteiger partial charge on any atom is 0.185 e. The van der Waals surface area contributed by atoms with Crippen molar-refractivity contribution in [1.82, 2.24) is 9.97 Å². The van der Waals surface area contributed by atoms with Crippen LogP contribution in [0.4, 0.5) is 0 Å². The number of benzene rings is 3. The van der Waals surface area contributed by atoms with Crippen LogP contribution < -0.4 is 14.2 Å². The van der Waals surface area contributed by atoms with E-state index in [1.807, 2.05) is 42.5 Å². The van der Waals surface area contributed by atoms with Gasteiger partial charge in [0.05, 0.1) is 38.2 Å². The van der Waals surface area contributed by atoms with Gasteiger partial charge in [-0.25, -0.2) is 4.98 Å². The number of carbonyl (C=O) groups is 1. The SMILES string of the molecule is COc1ccc(C(=O)/C=C/c2cc3c([nH]c4ccccc43)c(-c3ccc(OC)c(OC)c3)n2)cc1. The number of allylic oxidation sites excluding steroid dienone is 1. The molecule has 2 aromatic heterocycles. The lowest BCUT2D eigenvalue weighted by molar-refractivity contribution is 0.104. The standard InChI is InChI=1S/C29H24N2O4/c1-33-21-12-8-18(9-13-21)25(32)14-11-20-17-23-22-6-4-5-7-24(22)31-29(23)28(30-20)19-10-15-26(34-2)27(16-19)35-3/h4-17,31H,1-3H3/b14-11+. The first-order valence-electron chi connectivity index (χ1n) is 11.1. The van der Waals surface area contributed by atoms with E-state index in [2.05, 4.69) is 11.1 Å². The highest BCUT2D eigenvalue weighted by atomic mass is 16.5. The molecule has 0 saturated heterocycles. The largest absolute Gasteiger partial charge is 0.497 e. The van der Waals surface area contributed by atoms with Gasteiger partial charge in [-0.2, -0.15) is 0 Å². The van der Waals surface area contributed by atoms with Gasteiger partial charge in [-0.3, -0.25) is 4.79 Å². The van der Waals surface area contributed by atoms with E-state index in [0.717, 1.165) is 33.1 Å². The van der Waals surface area contributed by atoms with Gasteiger partial charge in [-0.1, -0.05) is 18.2 Å². The van der Waals surface area contributed by atoms with Crippen LogP contribution in [0.5, 0.6) is 17.2 Å². The van der Waals surface area contributed by atoms with Crippen molar-refractivity contribution in [2.45, 2.75) is 0 Å². The van der Waals surface area contributed by atoms with Crippen LogP contribution in [0.15, 0.2) is 78.9 Å². The Hall–Kier alpha value is -4.58. The van der Waals surface area contributed by atoms with Crippen LogP contribution in [0.25, 0.3) is 39.1 Å². The van der Waals surface area contributed by atoms with Crippen LogP contribution in [0, 0.1) is 0 Å². The van der Waals surface area contributed by atoms with E-state index in [-0.39, 0.29) is 5.78 Å². The van der Waals surface area contributed by atoms with E-state index in [1.165, 1.54) is 0 Å². The third kappa shape index (κ3) is 4.22. The van der Waals surface area contributed by atoms with Gasteiger partial charge in [0, 0.05) is 27.4 Å². The van der Waals surface area contributed by atoms with Crippen molar-refractivity contribution >= 4 is 33.7 Å². The Bertz CT molecular complexity index is 1570. The van der Waals surface area contributed by atoms with Gasteiger partial charge in [0.2, 0.25) is 0 Å². The number of H-pyrrole nitrogens is 1. The van der Waals surface area contributed by atoms with Crippen molar-refractivity contribution in [3.63, 3.8) is 0 Å². The number of methoxy groups -OCH3 is 3. The van der Waals surface area contributed by atoms with Crippen molar-refractivity contribution in [3.05, 3.63) is 90.1 Å². The van der Waals surface area contributed by atoms with Crippen molar-refractivity contribution < 1.29 is 19.0 Å². The summed E-state index contributed by atoms with van der Waals surface area (Å²) >= 11 is 0. The van der Waals surface area contributed by atoms with Crippen molar-refractivity contribution in [3.8, 4) is 28.5 Å². The highest BCUT2D eigenvalue weighted by Gasteiger charge is 2.15. The fourth-order valence-electron chi connectivity index (χ4n) is 4.16. The van der Waals surface area contributed by atoms with Gasteiger partial charge in [-0.05, 0) is 66.7 Å². The number of nitrogens with zero attached hydrogens (tertiary/aromatic N) is 1. The molecule has 174 valence electrons. The molecule has 0 spiro atoms. The highest BCUT2D eigenvalue weighted by Crippen LogP contribution is 2.37. The molecule has 0 aliphatic heterocycles. The maximum atomic E-state index is 12.8. The average Bonchev–Trinajstić information content (AvgIpc) is 3.29. The normalized spacial score (nSPS) is 11.3. The Morgan fingerprint density at radius 1 is 0.829 bits per heavy atom. The first-order valence-corrected chi connectivity index (χ1v) is 11.1. The molecule has 0 unspecified atom stereocenters. The predicted molar refractivity (Wildman–Crippen MR) is 138 cm³/mol. The summed E-state index contributed by atoms with van der Waals surface area (Å²) in [7, 11) is 4.81. The summed E-state index contributed by atoms with van der Waals surface area (Å²) in [5.74, 6) is 1.86. The van der Waals surface area contributed by atoms with Crippen LogP contribution in [0.1, 0.15) is 16.1 Å². The number of aromatic nitrogens is 2. The van der Waals surface area contributed by atoms with Gasteiger partial charge in [-0.15, -0.1) is 0 Å². The van der Waals surface area contributed by atoms with Gasteiger partial charge in [0.1, 0.15) is 5.75 Å². The Morgan fingerprint density at radius 2 is 1.60 bits per heavy atom. The minimum Gasteiger partial charge on any atom is -0.497 e. The molecule has 0 fully saturated rings. The molecule has 0 aliphatic carbocycles. The van der Waals surface area contributed by atoms with Crippen LogP contribution in [0.2, 0.25) is 0 Å². The molecular formula is C29H24N2O4. The number of pyridine rings is 1. The Labute approximate surface area is 202 Å². The van der Waals surface area contributed by atoms with E-state index in [4.69, 9.17) is 19.2 Å². The third-order valence-corrected chi connectivity index (χ3v) is 5.95. The summed E-state index contributed by atoms with van der Waals surface area (Å²) in [6.45, 7) is 0. The second kappa shape index (κ2) is 9.35. The van der Waals surface area contributed by atoms with E-state index in [9.17, 15) is 4.79 Å². The molecule has 35 heavy (non-hydrogen) atoms. The molecule has 3 aromatic carbocycles. The number of hydrogen-bond acceptors (Lipinski definition) is 5. The number of hydrogen-bond donors (Lipinski definition) is 1. The highest BCUT2D eigenvalue weighted by molar-refractivity contribution is 6.12. The topological polar surface area (TPSA) is 73.4 Å². The molecule has 1 N–H and O–H groups in total. The number of aromatic amines is 1. The van der Waals surface area contributed by atoms with Crippen molar-refractivity contribution in [2.24, 2.45) is 0 Å². The third-order valence-electron chi connectivity index (χ3n) is 5.95. The Morgan fingerprint density at radius 3 is 2.34 bits per heavy atom. The molecule has 0 saturated carbocycles. The smallest absolute Gasteiger partial charge is 0.185 e. The summed E-state index contributed by atoms with van der Waals surface area (Å²) in [4.78, 5) is 21.2. The predicted octanol–water partition coefficient (Wildman–Crippen LogP) is 6.31. The van der Waals surface area contributed by atoms with Crippen molar-refractivity contribution in [1.29, 1.82) is 0 Å². The lowest BCUT2D eigenvalue weighted by Gasteiger charge is -2.10. The second-order valence-corrected chi connectivity index (χ2v) is 7.98. The first-order chi connectivity index (χ1) is 17.1. The first kappa shape index (κ1) is 22.2. The van der Waals surface area contributed by atoms with Crippen LogP contribution in [-0.2, 0) is 0 Å². The number of ether oxygens (including phenoxy) is 3. The molecule has 6 heteroatoms. The molecular weight excluding hydrogens is 440 g/mol. The molecule has 5 rings (SSSR count). The van der Waals surface area contributed by atoms with Crippen LogP contribution in [0.3, 0.4) is 0 Å². The quantitative estimate of drug-likeness (QED) is 0.226. The number of nitrogens with one attached hydrogen (secondary N) is 1. The van der Waals surface area contributed by atoms with Crippen LogP contribution >= 0.6 is 0 Å². The fraction of sp³-hybridized carbons (Fsp3) is 0.103. The Kier molecular flexibility index (Phi) is 5.94. The molecule has 0 aliphatic rings. The molecule has 2 heterocycles. The maximum absolute atomic E-state index is 12.8. The van der Waals surface area contributed by atoms with Gasteiger partial charge in [0.25, 0.3) is 0 Å². The van der Waals surface area contributed by atoms with Gasteiger partial charge >= 0.3 is 0 Å². The van der Waals surface area contributed by atoms with Gasteiger partial charge < -0.3 is 19.2 Å². The van der Waals surface area contributed by atoms with Gasteiger partial charge in [0.15, 0.2) is 17.3 Å². The van der Waals surface area contributed by atoms with E-state index in [0.29, 0.717) is 28.5 Å². The zero-order valence-corrected chi connectivity index (χ0v) is 19.7. The molecule has 5 aromatic rings. The number of carbonyl (C=O) groups excluding carboxylic acids is 1. The molecule has 6 nitrogen and oxygen atoms in total. The second-order valence-electron chi connectivity index (χ2n) is 7.98. The van der Waals surface area contributed by atoms with Crippen LogP contribution in [-0.4, -0.2) is 37.1 Å². The zero-order chi connectivity index (χ0) is 24.4. The monoisotopic (exact) mass is 464 g/mol. The molecule has 0 radical (unpaired) electrons. The van der Waals surface area contributed by atoms with Crippen molar-refractivity contribution in [2.75, 3.05) is 21.3 Å². The summed E-state index contributed by atoms with van der Waals surface area (Å²) in [5, 5.41) is 2.11. The lowest BCUT2D eigenvalue weighted by Crippen LogP contribution is -1.96. The number of rotatable bonds is 7. The number of para-hydroxylation sites is 1. The summed E-state index contributed by atoms with van der Waals surface area (Å²) in [5.41, 5.74) is 4.81. The number of ketones is 1. The Balaban J connectivity index is 1.63. The van der Waals surface area contributed by atoms with E-state index in [1.54, 1.807) is 57.7 Å². The summed E-state index contributed by atoms with van der Waals surface area (Å²) < 4.78 is 16.1. The molecule has 0 amide bonds. The average molecular weight is 465 g/mol. The van der Waals surface area contributed by atoms with E-state index >= 15 is 0 Å². The molecule has 0 bridgehead atoms. The fourth-order valence-corrected chi connectivity index (χ4v) is 4.16. The molecule has 0 atom stereocenters. The summed E-state index contributed by atoms with van der Waals surface area (Å²) in [6.07, 6.45) is 3.29. The minimum absolute atomic E-state index is 0.110. The summed E-state index contributed by atoms with van der Waals surface area (Å²) in [6, 6.07) is 22.9.